The first kappa shape index (κ1) is 21.1. The number of fused-ring (bicyclic) bond motifs is 3. The Balaban J connectivity index is 1.55. The van der Waals surface area contributed by atoms with Crippen molar-refractivity contribution in [2.24, 2.45) is 11.8 Å². The van der Waals surface area contributed by atoms with Crippen LogP contribution in [0.3, 0.4) is 0 Å². The highest BCUT2D eigenvalue weighted by Gasteiger charge is 2.74. The molecule has 1 aliphatic carbocycles. The normalized spacial score (nSPS) is 24.8. The number of imide groups is 1. The van der Waals surface area contributed by atoms with Gasteiger partial charge in [0.2, 0.25) is 29.0 Å². The Bertz CT molecular complexity index is 1380. The Hall–Kier alpha value is -3.49. The fourth-order valence-corrected chi connectivity index (χ4v) is 5.61. The lowest BCUT2D eigenvalue weighted by atomic mass is 9.77. The van der Waals surface area contributed by atoms with Crippen molar-refractivity contribution in [3.05, 3.63) is 99.8 Å². The number of benzene rings is 3. The minimum Gasteiger partial charge on any atom is -0.349 e. The van der Waals surface area contributed by atoms with Gasteiger partial charge in [-0.15, -0.1) is 0 Å². The van der Waals surface area contributed by atoms with Crippen LogP contribution in [0.1, 0.15) is 32.4 Å². The van der Waals surface area contributed by atoms with Crippen LogP contribution in [0.25, 0.3) is 0 Å². The molecule has 0 unspecified atom stereocenters. The Morgan fingerprint density at radius 2 is 1.47 bits per heavy atom. The lowest BCUT2D eigenvalue weighted by molar-refractivity contribution is -0.127. The van der Waals surface area contributed by atoms with E-state index in [0.717, 1.165) is 9.37 Å². The van der Waals surface area contributed by atoms with Gasteiger partial charge in [0.15, 0.2) is 0 Å². The molecule has 0 saturated carbocycles. The maximum absolute atomic E-state index is 14.1. The predicted molar refractivity (Wildman–Crippen MR) is 122 cm³/mol. The van der Waals surface area contributed by atoms with Gasteiger partial charge in [0.25, 0.3) is 0 Å². The highest BCUT2D eigenvalue weighted by molar-refractivity contribution is 9.10. The molecule has 8 heteroatoms. The SMILES string of the molecule is O=C1[C@@H]2[C@@H](c3cccc(F)c3)OC3(C(=O)c4ccccc4C3=O)[C@H]2C(=O)N1c1ccc(Br)cc1. The Morgan fingerprint density at radius 1 is 0.824 bits per heavy atom. The molecule has 34 heavy (non-hydrogen) atoms. The van der Waals surface area contributed by atoms with Crippen molar-refractivity contribution in [2.75, 3.05) is 4.90 Å². The van der Waals surface area contributed by atoms with E-state index in [4.69, 9.17) is 4.74 Å². The summed E-state index contributed by atoms with van der Waals surface area (Å²) in [6.45, 7) is 0. The molecule has 2 aliphatic heterocycles. The van der Waals surface area contributed by atoms with Crippen LogP contribution in [0.15, 0.2) is 77.3 Å². The summed E-state index contributed by atoms with van der Waals surface area (Å²) in [6.07, 6.45) is -1.15. The molecule has 6 rings (SSSR count). The number of carbonyl (C=O) groups excluding carboxylic acids is 4. The number of nitrogens with zero attached hydrogens (tertiary/aromatic N) is 1. The monoisotopic (exact) mass is 519 g/mol. The number of anilines is 1. The third-order valence-corrected chi connectivity index (χ3v) is 7.31. The highest BCUT2D eigenvalue weighted by atomic mass is 79.9. The first-order chi connectivity index (χ1) is 16.3. The van der Waals surface area contributed by atoms with Gasteiger partial charge in [-0.05, 0) is 42.0 Å². The average molecular weight is 520 g/mol. The smallest absolute Gasteiger partial charge is 0.241 e. The summed E-state index contributed by atoms with van der Waals surface area (Å²) in [5.41, 5.74) is -1.29. The minimum absolute atomic E-state index is 0.147. The molecule has 3 atom stereocenters. The molecule has 6 nitrogen and oxygen atoms in total. The van der Waals surface area contributed by atoms with E-state index in [1.54, 1.807) is 42.5 Å². The Morgan fingerprint density at radius 3 is 2.09 bits per heavy atom. The molecular formula is C26H15BrFNO5. The molecule has 1 spiro atoms. The van der Waals surface area contributed by atoms with Gasteiger partial charge < -0.3 is 4.74 Å². The van der Waals surface area contributed by atoms with Crippen LogP contribution in [-0.4, -0.2) is 29.0 Å². The maximum Gasteiger partial charge on any atom is 0.241 e. The number of rotatable bonds is 2. The fourth-order valence-electron chi connectivity index (χ4n) is 5.35. The molecule has 0 bridgehead atoms. The zero-order chi connectivity index (χ0) is 23.8. The van der Waals surface area contributed by atoms with Crippen molar-refractivity contribution in [3.63, 3.8) is 0 Å². The molecule has 0 N–H and O–H groups in total. The Labute approximate surface area is 201 Å². The number of hydrogen-bond donors (Lipinski definition) is 0. The summed E-state index contributed by atoms with van der Waals surface area (Å²) in [7, 11) is 0. The molecule has 168 valence electrons. The van der Waals surface area contributed by atoms with E-state index in [9.17, 15) is 23.6 Å². The molecule has 3 aliphatic rings. The van der Waals surface area contributed by atoms with Crippen LogP contribution in [0.2, 0.25) is 0 Å². The molecule has 0 radical (unpaired) electrons. The Kier molecular flexibility index (Phi) is 4.49. The number of amides is 2. The van der Waals surface area contributed by atoms with Gasteiger partial charge in [-0.3, -0.25) is 19.2 Å². The lowest BCUT2D eigenvalue weighted by Gasteiger charge is -2.27. The van der Waals surface area contributed by atoms with Crippen molar-refractivity contribution in [1.82, 2.24) is 0 Å². The third kappa shape index (κ3) is 2.63. The molecule has 2 amide bonds. The van der Waals surface area contributed by atoms with Crippen LogP contribution >= 0.6 is 15.9 Å². The van der Waals surface area contributed by atoms with Crippen LogP contribution in [0, 0.1) is 17.7 Å². The number of Topliss-reactive ketones (excluding diaryl/α,β-unsaturated/α-hetero) is 2. The summed E-state index contributed by atoms with van der Waals surface area (Å²) in [4.78, 5) is 55.7. The zero-order valence-electron chi connectivity index (χ0n) is 17.4. The topological polar surface area (TPSA) is 80.8 Å². The van der Waals surface area contributed by atoms with Gasteiger partial charge in [-0.25, -0.2) is 9.29 Å². The number of hydrogen-bond acceptors (Lipinski definition) is 5. The van der Waals surface area contributed by atoms with E-state index >= 15 is 0 Å². The standard InChI is InChI=1S/C26H15BrFNO5/c27-14-8-10-16(11-9-14)29-24(32)19-20(25(29)33)26(34-21(19)13-4-3-5-15(28)12-13)22(30)17-6-1-2-7-18(17)23(26)31/h1-12,19-21H/t19-,20+,21+/m0/s1. The highest BCUT2D eigenvalue weighted by Crippen LogP contribution is 2.57. The van der Waals surface area contributed by atoms with Gasteiger partial charge in [0.05, 0.1) is 23.6 Å². The van der Waals surface area contributed by atoms with Crippen molar-refractivity contribution >= 4 is 45.0 Å². The van der Waals surface area contributed by atoms with E-state index in [0.29, 0.717) is 5.69 Å². The summed E-state index contributed by atoms with van der Waals surface area (Å²) in [5.74, 6) is -5.69. The summed E-state index contributed by atoms with van der Waals surface area (Å²) >= 11 is 3.33. The van der Waals surface area contributed by atoms with E-state index in [-0.39, 0.29) is 16.7 Å². The maximum atomic E-state index is 14.1. The second-order valence-electron chi connectivity index (χ2n) is 8.52. The number of carbonyl (C=O) groups is 4. The van der Waals surface area contributed by atoms with Crippen LogP contribution in [0.4, 0.5) is 10.1 Å². The van der Waals surface area contributed by atoms with Gasteiger partial charge in [-0.2, -0.15) is 0 Å². The average Bonchev–Trinajstić information content (AvgIpc) is 3.40. The van der Waals surface area contributed by atoms with E-state index in [1.807, 2.05) is 0 Å². The van der Waals surface area contributed by atoms with Crippen molar-refractivity contribution in [3.8, 4) is 0 Å². The summed E-state index contributed by atoms with van der Waals surface area (Å²) in [5, 5.41) is 0. The number of ketones is 2. The minimum atomic E-state index is -2.18. The quantitative estimate of drug-likeness (QED) is 0.372. The zero-order valence-corrected chi connectivity index (χ0v) is 19.0. The van der Waals surface area contributed by atoms with Crippen LogP contribution in [-0.2, 0) is 14.3 Å². The number of halogens is 2. The van der Waals surface area contributed by atoms with Crippen LogP contribution < -0.4 is 4.90 Å². The van der Waals surface area contributed by atoms with Crippen molar-refractivity contribution < 1.29 is 28.3 Å². The molecule has 3 aromatic carbocycles. The van der Waals surface area contributed by atoms with E-state index < -0.39 is 52.7 Å². The third-order valence-electron chi connectivity index (χ3n) is 6.78. The molecular weight excluding hydrogens is 505 g/mol. The summed E-state index contributed by atoms with van der Waals surface area (Å²) < 4.78 is 21.0. The van der Waals surface area contributed by atoms with E-state index in [1.165, 1.54) is 30.3 Å². The van der Waals surface area contributed by atoms with Crippen LogP contribution in [0.5, 0.6) is 0 Å². The van der Waals surface area contributed by atoms with E-state index in [2.05, 4.69) is 15.9 Å². The second kappa shape index (κ2) is 7.25. The fraction of sp³-hybridized carbons (Fsp3) is 0.154. The molecule has 0 aromatic heterocycles. The first-order valence-electron chi connectivity index (χ1n) is 10.6. The van der Waals surface area contributed by atoms with Gasteiger partial charge in [0, 0.05) is 15.6 Å². The van der Waals surface area contributed by atoms with Gasteiger partial charge >= 0.3 is 0 Å². The predicted octanol–water partition coefficient (Wildman–Crippen LogP) is 4.28. The first-order valence-corrected chi connectivity index (χ1v) is 11.4. The molecule has 2 fully saturated rings. The summed E-state index contributed by atoms with van der Waals surface area (Å²) in [6, 6.07) is 18.3. The molecule has 2 heterocycles. The van der Waals surface area contributed by atoms with Crippen molar-refractivity contribution in [1.29, 1.82) is 0 Å². The second-order valence-corrected chi connectivity index (χ2v) is 9.44. The van der Waals surface area contributed by atoms with Gasteiger partial charge in [-0.1, -0.05) is 52.3 Å². The number of ether oxygens (including phenoxy) is 1. The molecule has 2 saturated heterocycles. The largest absolute Gasteiger partial charge is 0.349 e. The van der Waals surface area contributed by atoms with Gasteiger partial charge in [0.1, 0.15) is 5.82 Å². The van der Waals surface area contributed by atoms with Crippen molar-refractivity contribution in [2.45, 2.75) is 11.7 Å². The lowest BCUT2D eigenvalue weighted by Crippen LogP contribution is -2.51. The molecule has 3 aromatic rings.